The van der Waals surface area contributed by atoms with Crippen molar-refractivity contribution in [2.24, 2.45) is 4.99 Å². The van der Waals surface area contributed by atoms with Gasteiger partial charge in [-0.3, -0.25) is 4.99 Å². The molecule has 3 rings (SSSR count). The maximum atomic E-state index is 5.72. The van der Waals surface area contributed by atoms with E-state index in [-0.39, 0.29) is 0 Å². The number of H-pyrrole nitrogens is 1. The molecule has 0 saturated heterocycles. The van der Waals surface area contributed by atoms with Gasteiger partial charge >= 0.3 is 0 Å². The number of amidine groups is 1. The third-order valence-electron chi connectivity index (χ3n) is 4.43. The van der Waals surface area contributed by atoms with Crippen molar-refractivity contribution in [2.75, 3.05) is 39.5 Å². The van der Waals surface area contributed by atoms with E-state index < -0.39 is 0 Å². The first-order valence-corrected chi connectivity index (χ1v) is 10.2. The van der Waals surface area contributed by atoms with Crippen molar-refractivity contribution in [1.29, 1.82) is 0 Å². The second-order valence-corrected chi connectivity index (χ2v) is 6.68. The van der Waals surface area contributed by atoms with Crippen LogP contribution >= 0.6 is 0 Å². The molecule has 0 saturated carbocycles. The average molecular weight is 405 g/mol. The topological polar surface area (TPSA) is 62.7 Å². The number of allylic oxidation sites excluding steroid dienone is 4. The predicted octanol–water partition coefficient (Wildman–Crippen LogP) is 3.70. The minimum absolute atomic E-state index is 0.579. The summed E-state index contributed by atoms with van der Waals surface area (Å²) in [7, 11) is 0. The van der Waals surface area contributed by atoms with Gasteiger partial charge in [-0.2, -0.15) is 0 Å². The number of aromatic nitrogens is 2. The fourth-order valence-electron chi connectivity index (χ4n) is 2.97. The molecular formula is C24H28N4O2. The highest BCUT2D eigenvalue weighted by molar-refractivity contribution is 6.01. The van der Waals surface area contributed by atoms with Gasteiger partial charge in [-0.25, -0.2) is 4.98 Å². The summed E-state index contributed by atoms with van der Waals surface area (Å²) in [5.41, 5.74) is 2.81. The average Bonchev–Trinajstić information content (AvgIpc) is 3.38. The van der Waals surface area contributed by atoms with Gasteiger partial charge in [0.25, 0.3) is 0 Å². The summed E-state index contributed by atoms with van der Waals surface area (Å²) in [6.07, 6.45) is 12.3. The highest BCUT2D eigenvalue weighted by Crippen LogP contribution is 2.15. The van der Waals surface area contributed by atoms with Crippen LogP contribution in [0.5, 0.6) is 0 Å². The fraction of sp³-hybridized carbons (Fsp3) is 0.333. The summed E-state index contributed by atoms with van der Waals surface area (Å²) < 4.78 is 11.2. The van der Waals surface area contributed by atoms with E-state index >= 15 is 0 Å². The van der Waals surface area contributed by atoms with E-state index in [9.17, 15) is 0 Å². The van der Waals surface area contributed by atoms with Crippen molar-refractivity contribution in [2.45, 2.75) is 13.3 Å². The van der Waals surface area contributed by atoms with Gasteiger partial charge in [0.15, 0.2) is 5.84 Å². The van der Waals surface area contributed by atoms with Crippen LogP contribution in [0, 0.1) is 11.8 Å². The SMILES string of the molecule is C=C/C=C\C=C1/CN=C(C#Cc2cnc3[nH]ccc3c2)N1CCOCCOCCC. The molecule has 0 radical (unpaired) electrons. The first kappa shape index (κ1) is 21.6. The largest absolute Gasteiger partial charge is 0.379 e. The van der Waals surface area contributed by atoms with Gasteiger partial charge in [0.05, 0.1) is 26.4 Å². The molecule has 0 atom stereocenters. The molecule has 0 amide bonds. The summed E-state index contributed by atoms with van der Waals surface area (Å²) in [5, 5.41) is 1.04. The van der Waals surface area contributed by atoms with E-state index in [2.05, 4.69) is 45.2 Å². The Labute approximate surface area is 178 Å². The Balaban J connectivity index is 1.64. The molecule has 0 bridgehead atoms. The summed E-state index contributed by atoms with van der Waals surface area (Å²) >= 11 is 0. The molecule has 0 spiro atoms. The highest BCUT2D eigenvalue weighted by atomic mass is 16.5. The molecule has 6 nitrogen and oxygen atoms in total. The number of nitrogens with one attached hydrogen (secondary N) is 1. The molecule has 1 aliphatic heterocycles. The molecule has 0 fully saturated rings. The highest BCUT2D eigenvalue weighted by Gasteiger charge is 2.20. The first-order chi connectivity index (χ1) is 14.8. The van der Waals surface area contributed by atoms with Crippen LogP contribution in [0.3, 0.4) is 0 Å². The van der Waals surface area contributed by atoms with E-state index in [4.69, 9.17) is 9.47 Å². The van der Waals surface area contributed by atoms with Crippen LogP contribution in [0.25, 0.3) is 11.0 Å². The van der Waals surface area contributed by atoms with Crippen LogP contribution < -0.4 is 0 Å². The zero-order chi connectivity index (χ0) is 21.0. The molecule has 6 heteroatoms. The zero-order valence-corrected chi connectivity index (χ0v) is 17.4. The number of aromatic amines is 1. The van der Waals surface area contributed by atoms with Crippen LogP contribution in [-0.4, -0.2) is 60.2 Å². The number of pyridine rings is 1. The Morgan fingerprint density at radius 1 is 1.20 bits per heavy atom. The quantitative estimate of drug-likeness (QED) is 0.373. The molecule has 1 N–H and O–H groups in total. The lowest BCUT2D eigenvalue weighted by Gasteiger charge is -2.19. The Kier molecular flexibility index (Phi) is 8.46. The number of rotatable bonds is 10. The summed E-state index contributed by atoms with van der Waals surface area (Å²) in [6, 6.07) is 4.01. The van der Waals surface area contributed by atoms with Crippen LogP contribution in [0.4, 0.5) is 0 Å². The standard InChI is InChI=1S/C24H28N4O2/c1-3-5-6-7-22-19-26-23(28(22)12-14-30-16-15-29-13-4-2)9-8-20-17-21-10-11-25-24(21)27-18-20/h3,5-7,10-11,17-18H,1,4,12-16,19H2,2H3,(H,25,27)/b6-5-,22-7+. The lowest BCUT2D eigenvalue weighted by molar-refractivity contribution is 0.0458. The summed E-state index contributed by atoms with van der Waals surface area (Å²) in [5.74, 6) is 7.14. The molecule has 156 valence electrons. The van der Waals surface area contributed by atoms with Gasteiger partial charge in [-0.15, -0.1) is 0 Å². The normalized spacial score (nSPS) is 15.0. The second-order valence-electron chi connectivity index (χ2n) is 6.68. The smallest absolute Gasteiger partial charge is 0.181 e. The Bertz CT molecular complexity index is 991. The van der Waals surface area contributed by atoms with Gasteiger partial charge in [-0.05, 0) is 30.6 Å². The predicted molar refractivity (Wildman–Crippen MR) is 121 cm³/mol. The van der Waals surface area contributed by atoms with E-state index in [1.54, 1.807) is 12.3 Å². The van der Waals surface area contributed by atoms with Gasteiger partial charge < -0.3 is 19.4 Å². The van der Waals surface area contributed by atoms with Crippen molar-refractivity contribution in [3.05, 3.63) is 66.7 Å². The molecule has 0 aliphatic carbocycles. The maximum absolute atomic E-state index is 5.72. The van der Waals surface area contributed by atoms with Crippen molar-refractivity contribution in [3.8, 4) is 11.8 Å². The third kappa shape index (κ3) is 6.18. The Hall–Kier alpha value is -3.14. The van der Waals surface area contributed by atoms with E-state index in [0.717, 1.165) is 41.2 Å². The molecular weight excluding hydrogens is 376 g/mol. The molecule has 2 aromatic rings. The fourth-order valence-corrected chi connectivity index (χ4v) is 2.97. The lowest BCUT2D eigenvalue weighted by atomic mass is 10.2. The molecule has 1 aliphatic rings. The first-order valence-electron chi connectivity index (χ1n) is 10.2. The van der Waals surface area contributed by atoms with Crippen molar-refractivity contribution in [1.82, 2.24) is 14.9 Å². The number of fused-ring (bicyclic) bond motifs is 1. The molecule has 0 unspecified atom stereocenters. The number of hydrogen-bond donors (Lipinski definition) is 1. The number of aliphatic imine (C=N–C) groups is 1. The van der Waals surface area contributed by atoms with Gasteiger partial charge in [0.2, 0.25) is 0 Å². The number of nitrogens with zero attached hydrogens (tertiary/aromatic N) is 3. The van der Waals surface area contributed by atoms with E-state index in [1.807, 2.05) is 36.6 Å². The van der Waals surface area contributed by atoms with Crippen LogP contribution in [0.2, 0.25) is 0 Å². The van der Waals surface area contributed by atoms with Crippen molar-refractivity contribution < 1.29 is 9.47 Å². The van der Waals surface area contributed by atoms with E-state index in [0.29, 0.717) is 32.9 Å². The molecule has 30 heavy (non-hydrogen) atoms. The number of ether oxygens (including phenoxy) is 2. The molecule has 0 aromatic carbocycles. The van der Waals surface area contributed by atoms with Gasteiger partial charge in [0, 0.05) is 42.2 Å². The van der Waals surface area contributed by atoms with Crippen molar-refractivity contribution >= 4 is 16.9 Å². The third-order valence-corrected chi connectivity index (χ3v) is 4.43. The maximum Gasteiger partial charge on any atom is 0.181 e. The Morgan fingerprint density at radius 3 is 2.90 bits per heavy atom. The Morgan fingerprint density at radius 2 is 2.07 bits per heavy atom. The molecule has 2 aromatic heterocycles. The van der Waals surface area contributed by atoms with Crippen LogP contribution in [0.1, 0.15) is 18.9 Å². The van der Waals surface area contributed by atoms with Crippen LogP contribution in [-0.2, 0) is 9.47 Å². The van der Waals surface area contributed by atoms with Crippen LogP contribution in [0.15, 0.2) is 66.1 Å². The molecule has 3 heterocycles. The minimum atomic E-state index is 0.579. The lowest BCUT2D eigenvalue weighted by Crippen LogP contribution is -2.29. The van der Waals surface area contributed by atoms with Gasteiger partial charge in [0.1, 0.15) is 5.65 Å². The number of hydrogen-bond acceptors (Lipinski definition) is 5. The zero-order valence-electron chi connectivity index (χ0n) is 17.4. The summed E-state index contributed by atoms with van der Waals surface area (Å²) in [4.78, 5) is 14.2. The van der Waals surface area contributed by atoms with E-state index in [1.165, 1.54) is 0 Å². The van der Waals surface area contributed by atoms with Crippen molar-refractivity contribution in [3.63, 3.8) is 0 Å². The minimum Gasteiger partial charge on any atom is -0.379 e. The summed E-state index contributed by atoms with van der Waals surface area (Å²) in [6.45, 7) is 9.64. The van der Waals surface area contributed by atoms with Gasteiger partial charge in [-0.1, -0.05) is 37.7 Å². The monoisotopic (exact) mass is 404 g/mol. The second kappa shape index (κ2) is 11.8.